The van der Waals surface area contributed by atoms with Gasteiger partial charge in [0, 0.05) is 23.3 Å². The zero-order valence-corrected chi connectivity index (χ0v) is 16.1. The monoisotopic (exact) mass is 392 g/mol. The van der Waals surface area contributed by atoms with Crippen molar-refractivity contribution in [3.8, 4) is 0 Å². The Morgan fingerprint density at radius 2 is 1.89 bits per heavy atom. The second-order valence-electron chi connectivity index (χ2n) is 6.73. The molecule has 0 spiro atoms. The molecule has 1 atom stereocenters. The quantitative estimate of drug-likeness (QED) is 0.504. The molecule has 142 valence electrons. The fourth-order valence-corrected chi connectivity index (χ4v) is 3.45. The summed E-state index contributed by atoms with van der Waals surface area (Å²) in [6.07, 6.45) is -0.963. The molecule has 3 rings (SSSR count). The van der Waals surface area contributed by atoms with Gasteiger partial charge in [-0.3, -0.25) is 0 Å². The molecule has 0 amide bonds. The molecule has 0 unspecified atom stereocenters. The smallest absolute Gasteiger partial charge is 0.330 e. The molecule has 0 bridgehead atoms. The highest BCUT2D eigenvalue weighted by molar-refractivity contribution is 6.31. The number of hydrogen-bond acceptors (Lipinski definition) is 1. The second-order valence-corrected chi connectivity index (χ2v) is 7.14. The zero-order chi connectivity index (χ0) is 19.8. The number of hydrogen-bond donors (Lipinski definition) is 0. The van der Waals surface area contributed by atoms with Gasteiger partial charge in [-0.25, -0.2) is 4.98 Å². The van der Waals surface area contributed by atoms with E-state index in [-0.39, 0.29) is 12.5 Å². The van der Waals surface area contributed by atoms with E-state index in [1.165, 1.54) is 17.2 Å². The van der Waals surface area contributed by atoms with Gasteiger partial charge < -0.3 is 4.57 Å². The predicted molar refractivity (Wildman–Crippen MR) is 101 cm³/mol. The van der Waals surface area contributed by atoms with Crippen LogP contribution in [-0.4, -0.2) is 9.55 Å². The lowest BCUT2D eigenvalue weighted by Crippen LogP contribution is -2.11. The Balaban J connectivity index is 1.96. The van der Waals surface area contributed by atoms with Gasteiger partial charge in [0.05, 0.1) is 12.1 Å². The van der Waals surface area contributed by atoms with E-state index in [4.69, 9.17) is 11.6 Å². The lowest BCUT2D eigenvalue weighted by atomic mass is 9.93. The van der Waals surface area contributed by atoms with Crippen LogP contribution in [0.15, 0.2) is 48.8 Å². The zero-order valence-electron chi connectivity index (χ0n) is 15.3. The van der Waals surface area contributed by atoms with Crippen molar-refractivity contribution in [3.05, 3.63) is 87.5 Å². The average molecular weight is 393 g/mol. The van der Waals surface area contributed by atoms with Crippen LogP contribution in [0.5, 0.6) is 0 Å². The van der Waals surface area contributed by atoms with Gasteiger partial charge in [0.25, 0.3) is 0 Å². The summed E-state index contributed by atoms with van der Waals surface area (Å²) in [6.45, 7) is 6.40. The van der Waals surface area contributed by atoms with Crippen molar-refractivity contribution >= 4 is 11.6 Å². The molecular formula is C21H20ClF3N2. The van der Waals surface area contributed by atoms with E-state index < -0.39 is 11.7 Å². The number of halogens is 4. The maximum absolute atomic E-state index is 13.0. The summed E-state index contributed by atoms with van der Waals surface area (Å²) in [5.41, 5.74) is 3.25. The van der Waals surface area contributed by atoms with Gasteiger partial charge in [-0.1, -0.05) is 36.7 Å². The second kappa shape index (κ2) is 7.39. The van der Waals surface area contributed by atoms with E-state index in [1.54, 1.807) is 12.4 Å². The van der Waals surface area contributed by atoms with Crippen molar-refractivity contribution in [1.29, 1.82) is 0 Å². The standard InChI is InChI=1S/C21H20ClF3N2/c1-13-5-4-6-18(14(13)2)15(3)20-26-9-10-27(20)12-16-11-17(21(23,24)25)7-8-19(16)22/h4-11,15H,12H2,1-3H3/t15-/m0/s1. The van der Waals surface area contributed by atoms with E-state index in [1.807, 2.05) is 17.6 Å². The van der Waals surface area contributed by atoms with E-state index in [0.717, 1.165) is 23.5 Å². The molecule has 0 fully saturated rings. The molecule has 0 saturated carbocycles. The number of aromatic nitrogens is 2. The lowest BCUT2D eigenvalue weighted by molar-refractivity contribution is -0.137. The summed E-state index contributed by atoms with van der Waals surface area (Å²) in [5.74, 6) is 0.793. The third kappa shape index (κ3) is 4.03. The Hall–Kier alpha value is -2.27. The Morgan fingerprint density at radius 1 is 1.15 bits per heavy atom. The van der Waals surface area contributed by atoms with Crippen molar-refractivity contribution < 1.29 is 13.2 Å². The van der Waals surface area contributed by atoms with Crippen LogP contribution in [0.25, 0.3) is 0 Å². The molecule has 0 aliphatic rings. The minimum absolute atomic E-state index is 0.00414. The van der Waals surface area contributed by atoms with Crippen LogP contribution < -0.4 is 0 Å². The molecule has 2 nitrogen and oxygen atoms in total. The molecule has 0 aliphatic carbocycles. The number of aryl methyl sites for hydroxylation is 1. The minimum atomic E-state index is -4.40. The maximum atomic E-state index is 13.0. The van der Waals surface area contributed by atoms with Crippen molar-refractivity contribution in [2.24, 2.45) is 0 Å². The number of nitrogens with zero attached hydrogens (tertiary/aromatic N) is 2. The predicted octanol–water partition coefficient (Wildman–Crippen LogP) is 6.37. The first-order chi connectivity index (χ1) is 12.7. The van der Waals surface area contributed by atoms with Crippen LogP contribution >= 0.6 is 11.6 Å². The molecule has 6 heteroatoms. The summed E-state index contributed by atoms with van der Waals surface area (Å²) in [4.78, 5) is 4.46. The topological polar surface area (TPSA) is 17.8 Å². The first-order valence-electron chi connectivity index (χ1n) is 8.61. The van der Waals surface area contributed by atoms with Gasteiger partial charge in [0.2, 0.25) is 0 Å². The van der Waals surface area contributed by atoms with E-state index in [9.17, 15) is 13.2 Å². The Labute approximate surface area is 161 Å². The van der Waals surface area contributed by atoms with Crippen LogP contribution in [0.1, 0.15) is 46.5 Å². The van der Waals surface area contributed by atoms with Crippen molar-refractivity contribution in [1.82, 2.24) is 9.55 Å². The Kier molecular flexibility index (Phi) is 5.33. The summed E-state index contributed by atoms with van der Waals surface area (Å²) in [5, 5.41) is 0.307. The molecular weight excluding hydrogens is 373 g/mol. The molecule has 0 N–H and O–H groups in total. The molecule has 0 aliphatic heterocycles. The molecule has 0 saturated heterocycles. The third-order valence-corrected chi connectivity index (χ3v) is 5.33. The van der Waals surface area contributed by atoms with Gasteiger partial charge in [-0.2, -0.15) is 13.2 Å². The van der Waals surface area contributed by atoms with Gasteiger partial charge in [-0.15, -0.1) is 0 Å². The lowest BCUT2D eigenvalue weighted by Gasteiger charge is -2.18. The van der Waals surface area contributed by atoms with Gasteiger partial charge in [-0.05, 0) is 54.3 Å². The highest BCUT2D eigenvalue weighted by atomic mass is 35.5. The maximum Gasteiger partial charge on any atom is 0.416 e. The van der Waals surface area contributed by atoms with Crippen molar-refractivity contribution in [2.45, 2.75) is 39.4 Å². The highest BCUT2D eigenvalue weighted by Crippen LogP contribution is 2.33. The van der Waals surface area contributed by atoms with E-state index in [2.05, 4.69) is 31.0 Å². The van der Waals surface area contributed by atoms with Gasteiger partial charge in [0.15, 0.2) is 0 Å². The first kappa shape index (κ1) is 19.5. The number of benzene rings is 2. The number of rotatable bonds is 4. The third-order valence-electron chi connectivity index (χ3n) is 4.96. The fraction of sp³-hybridized carbons (Fsp3) is 0.286. The fourth-order valence-electron chi connectivity index (χ4n) is 3.27. The van der Waals surface area contributed by atoms with Crippen molar-refractivity contribution in [3.63, 3.8) is 0 Å². The van der Waals surface area contributed by atoms with Crippen LogP contribution in [0.4, 0.5) is 13.2 Å². The number of imidazole rings is 1. The van der Waals surface area contributed by atoms with Crippen LogP contribution in [0.3, 0.4) is 0 Å². The Bertz CT molecular complexity index is 960. The average Bonchev–Trinajstić information content (AvgIpc) is 3.06. The van der Waals surface area contributed by atoms with Crippen LogP contribution in [0.2, 0.25) is 5.02 Å². The van der Waals surface area contributed by atoms with Crippen molar-refractivity contribution in [2.75, 3.05) is 0 Å². The summed E-state index contributed by atoms with van der Waals surface area (Å²) in [6, 6.07) is 9.52. The summed E-state index contributed by atoms with van der Waals surface area (Å²) >= 11 is 6.16. The van der Waals surface area contributed by atoms with Gasteiger partial charge in [0.1, 0.15) is 5.82 Å². The molecule has 1 aromatic heterocycles. The van der Waals surface area contributed by atoms with Crippen LogP contribution in [0, 0.1) is 13.8 Å². The highest BCUT2D eigenvalue weighted by Gasteiger charge is 2.31. The summed E-state index contributed by atoms with van der Waals surface area (Å²) < 4.78 is 40.9. The normalized spacial score (nSPS) is 13.0. The van der Waals surface area contributed by atoms with E-state index in [0.29, 0.717) is 10.6 Å². The molecule has 1 heterocycles. The first-order valence-corrected chi connectivity index (χ1v) is 8.99. The van der Waals surface area contributed by atoms with Gasteiger partial charge >= 0.3 is 6.18 Å². The SMILES string of the molecule is Cc1cccc([C@H](C)c2nccn2Cc2cc(C(F)(F)F)ccc2Cl)c1C. The molecule has 3 aromatic rings. The van der Waals surface area contributed by atoms with E-state index >= 15 is 0 Å². The molecule has 0 radical (unpaired) electrons. The largest absolute Gasteiger partial charge is 0.416 e. The number of alkyl halides is 3. The molecule has 27 heavy (non-hydrogen) atoms. The Morgan fingerprint density at radius 3 is 2.59 bits per heavy atom. The minimum Gasteiger partial charge on any atom is -0.330 e. The molecule has 2 aromatic carbocycles. The van der Waals surface area contributed by atoms with Crippen LogP contribution in [-0.2, 0) is 12.7 Å². The summed E-state index contributed by atoms with van der Waals surface area (Å²) in [7, 11) is 0.